The Morgan fingerprint density at radius 3 is 2.20 bits per heavy atom. The molecule has 0 aliphatic carbocycles. The number of pyridine rings is 1. The number of hydrogen-bond acceptors (Lipinski definition) is 1. The molecule has 0 atom stereocenters. The van der Waals surface area contributed by atoms with Gasteiger partial charge < -0.3 is 4.42 Å². The van der Waals surface area contributed by atoms with Gasteiger partial charge in [-0.1, -0.05) is 76.2 Å². The maximum Gasteiger partial charge on any atom is 0.216 e. The van der Waals surface area contributed by atoms with Crippen molar-refractivity contribution in [1.29, 1.82) is 0 Å². The summed E-state index contributed by atoms with van der Waals surface area (Å²) in [6.07, 6.45) is 1.76. The van der Waals surface area contributed by atoms with E-state index in [-0.39, 0.29) is 0 Å². The highest BCUT2D eigenvalue weighted by molar-refractivity contribution is 6.15. The van der Waals surface area contributed by atoms with Gasteiger partial charge in [0.1, 0.15) is 18.2 Å². The largest absolute Gasteiger partial charge is 0.456 e. The molecule has 35 heavy (non-hydrogen) atoms. The van der Waals surface area contributed by atoms with Gasteiger partial charge in [-0.25, -0.2) is 9.41 Å². The van der Waals surface area contributed by atoms with E-state index in [0.717, 1.165) is 44.3 Å². The van der Waals surface area contributed by atoms with Crippen molar-refractivity contribution in [3.8, 4) is 22.4 Å². The third-order valence-corrected chi connectivity index (χ3v) is 6.85. The van der Waals surface area contributed by atoms with Gasteiger partial charge >= 0.3 is 0 Å². The highest BCUT2D eigenvalue weighted by Crippen LogP contribution is 2.44. The number of fused-ring (bicyclic) bond motifs is 3. The highest BCUT2D eigenvalue weighted by atomic mass is 16.3. The predicted molar refractivity (Wildman–Crippen MR) is 145 cm³/mol. The summed E-state index contributed by atoms with van der Waals surface area (Å²) in [6.45, 7) is 17.8. The molecule has 3 nitrogen and oxygen atoms in total. The SMILES string of the molecule is [2H]c1c[n+](C)c(-c2c(C)ccc3c2oc2c(-c4ccc(C(C)C)cc4)c([N+]#[C-])ccc23)cc1C([2H])(C)C. The molecule has 0 saturated carbocycles. The first-order chi connectivity index (χ1) is 17.5. The van der Waals surface area contributed by atoms with Gasteiger partial charge in [0.15, 0.2) is 11.9 Å². The summed E-state index contributed by atoms with van der Waals surface area (Å²) in [7, 11) is 1.92. The maximum absolute atomic E-state index is 8.58. The lowest BCUT2D eigenvalue weighted by atomic mass is 9.95. The normalized spacial score (nSPS) is 12.7. The molecular formula is C32H31N2O+. The fourth-order valence-electron chi connectivity index (χ4n) is 4.77. The first-order valence-electron chi connectivity index (χ1n) is 13.0. The predicted octanol–water partition coefficient (Wildman–Crippen LogP) is 8.85. The second kappa shape index (κ2) is 8.71. The minimum atomic E-state index is -0.907. The van der Waals surface area contributed by atoms with Crippen LogP contribution in [-0.4, -0.2) is 0 Å². The molecule has 5 aromatic rings. The van der Waals surface area contributed by atoms with Crippen molar-refractivity contribution in [3.05, 3.63) is 94.9 Å². The zero-order valence-electron chi connectivity index (χ0n) is 23.2. The molecule has 0 amide bonds. The zero-order valence-corrected chi connectivity index (χ0v) is 21.2. The Balaban J connectivity index is 1.84. The Labute approximate surface area is 210 Å². The molecule has 0 spiro atoms. The van der Waals surface area contributed by atoms with E-state index in [2.05, 4.69) is 62.0 Å². The fraction of sp³-hybridized carbons (Fsp3) is 0.250. The monoisotopic (exact) mass is 461 g/mol. The van der Waals surface area contributed by atoms with Crippen molar-refractivity contribution >= 4 is 27.6 Å². The number of aryl methyl sites for hydroxylation is 2. The first-order valence-corrected chi connectivity index (χ1v) is 12.0. The molecule has 0 unspecified atom stereocenters. The van der Waals surface area contributed by atoms with Crippen molar-refractivity contribution in [1.82, 2.24) is 0 Å². The summed E-state index contributed by atoms with van der Waals surface area (Å²) >= 11 is 0. The molecule has 3 heteroatoms. The second-order valence-electron chi connectivity index (χ2n) is 9.79. The number of aromatic nitrogens is 1. The third-order valence-electron chi connectivity index (χ3n) is 6.85. The van der Waals surface area contributed by atoms with E-state index in [1.807, 2.05) is 43.7 Å². The van der Waals surface area contributed by atoms with E-state index in [1.54, 1.807) is 6.20 Å². The van der Waals surface area contributed by atoms with Crippen LogP contribution < -0.4 is 4.57 Å². The van der Waals surface area contributed by atoms with Gasteiger partial charge in [0, 0.05) is 29.8 Å². The molecule has 5 rings (SSSR count). The topological polar surface area (TPSA) is 21.4 Å². The molecule has 0 fully saturated rings. The Hall–Kier alpha value is -3.90. The van der Waals surface area contributed by atoms with Crippen molar-refractivity contribution in [2.24, 2.45) is 7.05 Å². The molecule has 0 aliphatic rings. The van der Waals surface area contributed by atoms with Gasteiger partial charge in [0.2, 0.25) is 5.69 Å². The van der Waals surface area contributed by atoms with Crippen LogP contribution >= 0.6 is 0 Å². The molecule has 2 aromatic heterocycles. The smallest absolute Gasteiger partial charge is 0.216 e. The second-order valence-corrected chi connectivity index (χ2v) is 9.79. The van der Waals surface area contributed by atoms with Crippen LogP contribution in [0.25, 0.3) is 49.2 Å². The van der Waals surface area contributed by atoms with Crippen LogP contribution in [0.5, 0.6) is 0 Å². The van der Waals surface area contributed by atoms with Crippen LogP contribution in [0.4, 0.5) is 5.69 Å². The van der Waals surface area contributed by atoms with Crippen LogP contribution in [0.15, 0.2) is 71.3 Å². The van der Waals surface area contributed by atoms with Gasteiger partial charge in [-0.15, -0.1) is 0 Å². The van der Waals surface area contributed by atoms with Gasteiger partial charge in [-0.3, -0.25) is 0 Å². The Kier molecular flexibility index (Phi) is 5.09. The minimum absolute atomic E-state index is 0.342. The van der Waals surface area contributed by atoms with Gasteiger partial charge in [0.05, 0.1) is 13.5 Å². The van der Waals surface area contributed by atoms with E-state index < -0.39 is 5.89 Å². The summed E-state index contributed by atoms with van der Waals surface area (Å²) in [5.41, 5.74) is 8.56. The third kappa shape index (κ3) is 3.80. The van der Waals surface area contributed by atoms with Crippen molar-refractivity contribution in [2.45, 2.75) is 46.4 Å². The summed E-state index contributed by atoms with van der Waals surface area (Å²) in [5, 5.41) is 1.95. The van der Waals surface area contributed by atoms with Crippen molar-refractivity contribution < 1.29 is 11.7 Å². The van der Waals surface area contributed by atoms with Gasteiger partial charge in [0.25, 0.3) is 0 Å². The summed E-state index contributed by atoms with van der Waals surface area (Å²) in [6, 6.07) is 18.7. The summed E-state index contributed by atoms with van der Waals surface area (Å²) in [4.78, 5) is 3.83. The Morgan fingerprint density at radius 1 is 0.914 bits per heavy atom. The zero-order chi connectivity index (χ0) is 26.6. The average Bonchev–Trinajstić information content (AvgIpc) is 3.21. The van der Waals surface area contributed by atoms with Crippen LogP contribution in [0.1, 0.15) is 58.9 Å². The molecule has 0 aliphatic heterocycles. The fourth-order valence-corrected chi connectivity index (χ4v) is 4.77. The first kappa shape index (κ1) is 20.5. The van der Waals surface area contributed by atoms with Crippen molar-refractivity contribution in [2.75, 3.05) is 0 Å². The molecular weight excluding hydrogens is 428 g/mol. The minimum Gasteiger partial charge on any atom is -0.456 e. The van der Waals surface area contributed by atoms with Crippen molar-refractivity contribution in [3.63, 3.8) is 0 Å². The lowest BCUT2D eigenvalue weighted by molar-refractivity contribution is -0.660. The number of benzene rings is 3. The van der Waals surface area contributed by atoms with E-state index in [4.69, 9.17) is 13.7 Å². The van der Waals surface area contributed by atoms with Crippen LogP contribution in [0, 0.1) is 13.5 Å². The van der Waals surface area contributed by atoms with Gasteiger partial charge in [-0.05, 0) is 41.0 Å². The number of nitrogens with zero attached hydrogens (tertiary/aromatic N) is 2. The molecule has 3 aromatic carbocycles. The highest BCUT2D eigenvalue weighted by Gasteiger charge is 2.23. The summed E-state index contributed by atoms with van der Waals surface area (Å²) in [5.74, 6) is -0.480. The van der Waals surface area contributed by atoms with E-state index in [0.29, 0.717) is 28.8 Å². The Morgan fingerprint density at radius 2 is 1.57 bits per heavy atom. The standard InChI is InChI=1S/C32H31N2O/c1-19(2)22-9-11-23(12-10-22)30-27(33-6)15-14-26-25-13-8-21(5)29(31(25)35-32(26)30)28-18-24(20(3)4)16-17-34(28)7/h8-20H,1-5,7H3/q+1/i16D,20D. The quantitative estimate of drug-likeness (QED) is 0.193. The van der Waals surface area contributed by atoms with E-state index in [9.17, 15) is 0 Å². The number of hydrogen-bond donors (Lipinski definition) is 0. The molecule has 174 valence electrons. The van der Waals surface area contributed by atoms with Crippen LogP contribution in [-0.2, 0) is 7.05 Å². The lowest BCUT2D eigenvalue weighted by Gasteiger charge is -2.09. The number of rotatable bonds is 4. The molecule has 0 saturated heterocycles. The summed E-state index contributed by atoms with van der Waals surface area (Å²) < 4.78 is 25.6. The molecule has 2 heterocycles. The average molecular weight is 462 g/mol. The van der Waals surface area contributed by atoms with Crippen LogP contribution in [0.3, 0.4) is 0 Å². The molecule has 0 bridgehead atoms. The lowest BCUT2D eigenvalue weighted by Crippen LogP contribution is -2.31. The van der Waals surface area contributed by atoms with Crippen LogP contribution in [0.2, 0.25) is 0 Å². The Bertz CT molecular complexity index is 1720. The van der Waals surface area contributed by atoms with Gasteiger partial charge in [-0.2, -0.15) is 0 Å². The molecule has 0 N–H and O–H groups in total. The van der Waals surface area contributed by atoms with E-state index >= 15 is 0 Å². The van der Waals surface area contributed by atoms with E-state index in [1.165, 1.54) is 5.56 Å². The number of furan rings is 1. The maximum atomic E-state index is 8.58. The molecule has 0 radical (unpaired) electrons.